The Bertz CT molecular complexity index is 477. The van der Waals surface area contributed by atoms with E-state index in [0.29, 0.717) is 5.56 Å². The summed E-state index contributed by atoms with van der Waals surface area (Å²) < 4.78 is 28.2. The summed E-state index contributed by atoms with van der Waals surface area (Å²) in [5.74, 6) is -0.559. The molecule has 106 valence electrons. The number of benzene rings is 1. The van der Waals surface area contributed by atoms with Gasteiger partial charge in [-0.15, -0.1) is 0 Å². The van der Waals surface area contributed by atoms with Crippen molar-refractivity contribution in [1.29, 1.82) is 0 Å². The molecule has 1 aromatic carbocycles. The second-order valence-electron chi connectivity index (χ2n) is 5.38. The van der Waals surface area contributed by atoms with Crippen molar-refractivity contribution in [3.63, 3.8) is 0 Å². The molecule has 0 radical (unpaired) electrons. The highest BCUT2D eigenvalue weighted by molar-refractivity contribution is 7.84. The lowest BCUT2D eigenvalue weighted by Gasteiger charge is -2.22. The zero-order valence-corrected chi connectivity index (χ0v) is 12.3. The number of hydrogen-bond donors (Lipinski definition) is 3. The molecular weight excluding hydrogens is 268 g/mol. The molecule has 2 atom stereocenters. The molecule has 0 heterocycles. The van der Waals surface area contributed by atoms with Gasteiger partial charge in [0.1, 0.15) is 5.82 Å². The molecule has 0 bridgehead atoms. The second-order valence-corrected chi connectivity index (χ2v) is 7.37. The van der Waals surface area contributed by atoms with Gasteiger partial charge in [-0.05, 0) is 39.2 Å². The number of nitrogens with one attached hydrogen (secondary N) is 1. The zero-order valence-electron chi connectivity index (χ0n) is 11.5. The monoisotopic (exact) mass is 287 g/mol. The fourth-order valence-corrected chi connectivity index (χ4v) is 2.26. The fraction of sp³-hybridized carbons (Fsp3) is 0.500. The van der Waals surface area contributed by atoms with Gasteiger partial charge in [0, 0.05) is 11.6 Å². The lowest BCUT2D eigenvalue weighted by molar-refractivity contribution is 0.425. The maximum Gasteiger partial charge on any atom is 0.488 e. The van der Waals surface area contributed by atoms with Crippen molar-refractivity contribution in [2.45, 2.75) is 38.5 Å². The van der Waals surface area contributed by atoms with Crippen molar-refractivity contribution < 1.29 is 18.6 Å². The summed E-state index contributed by atoms with van der Waals surface area (Å²) >= 11 is 0. The minimum Gasteiger partial charge on any atom is -0.423 e. The maximum absolute atomic E-state index is 13.8. The average Bonchev–Trinajstić information content (AvgIpc) is 2.26. The highest BCUT2D eigenvalue weighted by Crippen LogP contribution is 2.19. The summed E-state index contributed by atoms with van der Waals surface area (Å²) in [7, 11) is -3.00. The van der Waals surface area contributed by atoms with Crippen LogP contribution in [0.5, 0.6) is 0 Å². The fourth-order valence-electron chi connectivity index (χ4n) is 1.46. The summed E-state index contributed by atoms with van der Waals surface area (Å²) in [6.07, 6.45) is 0. The molecule has 0 aliphatic rings. The van der Waals surface area contributed by atoms with Crippen LogP contribution in [0.3, 0.4) is 0 Å². The first kappa shape index (κ1) is 16.3. The highest BCUT2D eigenvalue weighted by Gasteiger charge is 2.23. The van der Waals surface area contributed by atoms with Crippen molar-refractivity contribution in [1.82, 2.24) is 4.72 Å². The third-order valence-electron chi connectivity index (χ3n) is 2.63. The largest absolute Gasteiger partial charge is 0.488 e. The quantitative estimate of drug-likeness (QED) is 0.711. The summed E-state index contributed by atoms with van der Waals surface area (Å²) in [5, 5.41) is 17.9. The molecule has 0 saturated carbocycles. The lowest BCUT2D eigenvalue weighted by Crippen LogP contribution is -2.35. The molecule has 0 saturated heterocycles. The summed E-state index contributed by atoms with van der Waals surface area (Å²) in [6, 6.07) is 3.52. The van der Waals surface area contributed by atoms with Gasteiger partial charge in [0.15, 0.2) is 0 Å². The molecule has 0 spiro atoms. The van der Waals surface area contributed by atoms with E-state index in [-0.39, 0.29) is 5.46 Å². The van der Waals surface area contributed by atoms with Gasteiger partial charge in [0.05, 0.1) is 15.7 Å². The van der Waals surface area contributed by atoms with Gasteiger partial charge in [-0.25, -0.2) is 13.3 Å². The van der Waals surface area contributed by atoms with E-state index in [1.165, 1.54) is 12.1 Å². The Hall–Kier alpha value is -0.755. The number of halogens is 1. The topological polar surface area (TPSA) is 69.6 Å². The Morgan fingerprint density at radius 3 is 2.37 bits per heavy atom. The van der Waals surface area contributed by atoms with E-state index in [9.17, 15) is 8.60 Å². The summed E-state index contributed by atoms with van der Waals surface area (Å²) in [4.78, 5) is 0. The van der Waals surface area contributed by atoms with E-state index in [1.807, 2.05) is 20.8 Å². The molecule has 3 N–H and O–H groups in total. The smallest absolute Gasteiger partial charge is 0.423 e. The van der Waals surface area contributed by atoms with Crippen LogP contribution in [0.4, 0.5) is 4.39 Å². The Kier molecular flexibility index (Phi) is 5.26. The molecular formula is C12H19BFNO3S. The maximum atomic E-state index is 13.8. The van der Waals surface area contributed by atoms with Gasteiger partial charge in [-0.2, -0.15) is 0 Å². The molecule has 1 aromatic rings. The molecule has 1 unspecified atom stereocenters. The van der Waals surface area contributed by atoms with Gasteiger partial charge in [-0.3, -0.25) is 0 Å². The van der Waals surface area contributed by atoms with Crippen molar-refractivity contribution in [3.8, 4) is 0 Å². The highest BCUT2D eigenvalue weighted by atomic mass is 32.2. The Morgan fingerprint density at radius 1 is 1.37 bits per heavy atom. The molecule has 19 heavy (non-hydrogen) atoms. The minimum atomic E-state index is -1.70. The molecule has 0 aromatic heterocycles. The Balaban J connectivity index is 2.89. The lowest BCUT2D eigenvalue weighted by atomic mass is 9.79. The second kappa shape index (κ2) is 6.13. The first-order chi connectivity index (χ1) is 8.62. The molecule has 0 aliphatic carbocycles. The van der Waals surface area contributed by atoms with Crippen LogP contribution in [0.1, 0.15) is 39.3 Å². The average molecular weight is 287 g/mol. The van der Waals surface area contributed by atoms with Gasteiger partial charge >= 0.3 is 7.12 Å². The number of rotatable bonds is 4. The van der Waals surface area contributed by atoms with Crippen LogP contribution >= 0.6 is 0 Å². The summed E-state index contributed by atoms with van der Waals surface area (Å²) in [5.41, 5.74) is 0.424. The van der Waals surface area contributed by atoms with E-state index in [2.05, 4.69) is 4.72 Å². The molecule has 7 heteroatoms. The Morgan fingerprint density at radius 2 is 1.95 bits per heavy atom. The minimum absolute atomic E-state index is 0.0883. The van der Waals surface area contributed by atoms with E-state index in [1.54, 1.807) is 6.92 Å². The molecule has 1 rings (SSSR count). The standard InChI is InChI=1S/C12H19BFNO3S/c1-8(15-19(18)12(2,3)4)10-6-5-9(13(16)17)7-11(10)14/h5-8,15-17H,1-4H3/t8-,19?/m1/s1. The Labute approximate surface area is 115 Å². The van der Waals surface area contributed by atoms with Crippen LogP contribution in [-0.2, 0) is 11.0 Å². The van der Waals surface area contributed by atoms with Crippen LogP contribution in [0.2, 0.25) is 0 Å². The van der Waals surface area contributed by atoms with Crippen molar-refractivity contribution >= 4 is 23.6 Å². The van der Waals surface area contributed by atoms with Crippen molar-refractivity contribution in [2.24, 2.45) is 0 Å². The normalized spacial score (nSPS) is 15.1. The molecule has 4 nitrogen and oxygen atoms in total. The zero-order chi connectivity index (χ0) is 14.8. The molecule has 0 fully saturated rings. The van der Waals surface area contributed by atoms with Crippen molar-refractivity contribution in [2.75, 3.05) is 0 Å². The third kappa shape index (κ3) is 4.38. The van der Waals surface area contributed by atoms with E-state index >= 15 is 0 Å². The van der Waals surface area contributed by atoms with Crippen LogP contribution in [0, 0.1) is 5.82 Å². The molecule has 0 aliphatic heterocycles. The van der Waals surface area contributed by atoms with Crippen LogP contribution in [0.15, 0.2) is 18.2 Å². The predicted octanol–water partition coefficient (Wildman–Crippen LogP) is 0.618. The van der Waals surface area contributed by atoms with E-state index in [0.717, 1.165) is 6.07 Å². The molecule has 0 amide bonds. The van der Waals surface area contributed by atoms with Crippen molar-refractivity contribution in [3.05, 3.63) is 29.6 Å². The SMILES string of the molecule is C[C@@H](NS(=O)C(C)(C)C)c1ccc(B(O)O)cc1F. The van der Waals surface area contributed by atoms with Crippen LogP contribution in [0.25, 0.3) is 0 Å². The first-order valence-corrected chi connectivity index (χ1v) is 7.11. The number of hydrogen-bond acceptors (Lipinski definition) is 3. The first-order valence-electron chi connectivity index (χ1n) is 5.96. The van der Waals surface area contributed by atoms with E-state index in [4.69, 9.17) is 10.0 Å². The van der Waals surface area contributed by atoms with Gasteiger partial charge < -0.3 is 10.0 Å². The third-order valence-corrected chi connectivity index (χ3v) is 4.31. The van der Waals surface area contributed by atoms with E-state index < -0.39 is 34.7 Å². The van der Waals surface area contributed by atoms with Gasteiger partial charge in [-0.1, -0.05) is 12.1 Å². The van der Waals surface area contributed by atoms with Gasteiger partial charge in [0.25, 0.3) is 0 Å². The van der Waals surface area contributed by atoms with Crippen LogP contribution in [-0.4, -0.2) is 26.1 Å². The summed E-state index contributed by atoms with van der Waals surface area (Å²) in [6.45, 7) is 7.18. The van der Waals surface area contributed by atoms with Crippen LogP contribution < -0.4 is 10.2 Å². The van der Waals surface area contributed by atoms with Gasteiger partial charge in [0.2, 0.25) is 0 Å². The predicted molar refractivity (Wildman–Crippen MR) is 75.7 cm³/mol.